The molecule has 2 aromatic carbocycles. The first-order valence-corrected chi connectivity index (χ1v) is 9.78. The number of benzene rings is 2. The van der Waals surface area contributed by atoms with Crippen LogP contribution in [0.5, 0.6) is 0 Å². The summed E-state index contributed by atoms with van der Waals surface area (Å²) in [5, 5.41) is 2.93. The van der Waals surface area contributed by atoms with Gasteiger partial charge in [-0.2, -0.15) is 0 Å². The summed E-state index contributed by atoms with van der Waals surface area (Å²) in [7, 11) is 0. The number of anilines is 2. The van der Waals surface area contributed by atoms with Gasteiger partial charge in [-0.3, -0.25) is 9.59 Å². The largest absolute Gasteiger partial charge is 0.372 e. The summed E-state index contributed by atoms with van der Waals surface area (Å²) < 4.78 is 0. The Morgan fingerprint density at radius 3 is 2.38 bits per heavy atom. The summed E-state index contributed by atoms with van der Waals surface area (Å²) in [6.45, 7) is 2.19. The van der Waals surface area contributed by atoms with Gasteiger partial charge in [0.1, 0.15) is 0 Å². The van der Waals surface area contributed by atoms with Crippen molar-refractivity contribution in [2.45, 2.75) is 24.2 Å². The van der Waals surface area contributed by atoms with Crippen molar-refractivity contribution in [2.75, 3.05) is 29.1 Å². The number of thioether (sulfide) groups is 1. The van der Waals surface area contributed by atoms with Crippen LogP contribution in [-0.2, 0) is 4.79 Å². The highest BCUT2D eigenvalue weighted by molar-refractivity contribution is 8.00. The molecule has 0 aromatic heterocycles. The number of piperidine rings is 1. The van der Waals surface area contributed by atoms with Gasteiger partial charge >= 0.3 is 0 Å². The zero-order valence-corrected chi connectivity index (χ0v) is 15.4. The molecule has 2 amide bonds. The first kappa shape index (κ1) is 18.3. The van der Waals surface area contributed by atoms with Crippen LogP contribution in [0, 0.1) is 0 Å². The normalized spacial score (nSPS) is 14.1. The lowest BCUT2D eigenvalue weighted by atomic mass is 10.1. The van der Waals surface area contributed by atoms with Gasteiger partial charge in [0.05, 0.1) is 11.3 Å². The van der Waals surface area contributed by atoms with Crippen LogP contribution in [0.2, 0.25) is 0 Å². The molecular weight excluding hydrogens is 346 g/mol. The van der Waals surface area contributed by atoms with Gasteiger partial charge < -0.3 is 16.0 Å². The molecule has 26 heavy (non-hydrogen) atoms. The summed E-state index contributed by atoms with van der Waals surface area (Å²) in [5.41, 5.74) is 7.69. The summed E-state index contributed by atoms with van der Waals surface area (Å²) in [4.78, 5) is 26.7. The minimum atomic E-state index is -0.404. The molecule has 2 aromatic rings. The van der Waals surface area contributed by atoms with Crippen LogP contribution in [0.1, 0.15) is 29.6 Å². The molecule has 1 fully saturated rings. The Kier molecular flexibility index (Phi) is 6.17. The van der Waals surface area contributed by atoms with Crippen molar-refractivity contribution in [1.82, 2.24) is 0 Å². The van der Waals surface area contributed by atoms with E-state index >= 15 is 0 Å². The van der Waals surface area contributed by atoms with Gasteiger partial charge in [-0.05, 0) is 55.7 Å². The number of nitrogens with one attached hydrogen (secondary N) is 1. The summed E-state index contributed by atoms with van der Waals surface area (Å²) >= 11 is 1.27. The zero-order valence-electron chi connectivity index (χ0n) is 14.6. The maximum atomic E-state index is 12.6. The van der Waals surface area contributed by atoms with Crippen LogP contribution in [0.25, 0.3) is 0 Å². The average Bonchev–Trinajstić information content (AvgIpc) is 2.68. The van der Waals surface area contributed by atoms with Crippen LogP contribution in [0.4, 0.5) is 11.4 Å². The molecule has 1 saturated heterocycles. The molecular formula is C20H23N3O2S. The van der Waals surface area contributed by atoms with Crippen molar-refractivity contribution in [2.24, 2.45) is 5.73 Å². The SMILES string of the molecule is NC(=O)CSc1ccccc1C(=O)Nc1ccc(N2CCCCC2)cc1. The third-order valence-electron chi connectivity index (χ3n) is 4.35. The predicted molar refractivity (Wildman–Crippen MR) is 107 cm³/mol. The number of rotatable bonds is 6. The smallest absolute Gasteiger partial charge is 0.256 e. The van der Waals surface area contributed by atoms with E-state index in [9.17, 15) is 9.59 Å². The zero-order chi connectivity index (χ0) is 18.4. The molecule has 0 spiro atoms. The minimum Gasteiger partial charge on any atom is -0.372 e. The van der Waals surface area contributed by atoms with E-state index in [1.54, 1.807) is 6.07 Å². The highest BCUT2D eigenvalue weighted by atomic mass is 32.2. The van der Waals surface area contributed by atoms with Crippen LogP contribution < -0.4 is 16.0 Å². The average molecular weight is 369 g/mol. The Bertz CT molecular complexity index is 771. The molecule has 1 aliphatic heterocycles. The van der Waals surface area contributed by atoms with E-state index in [-0.39, 0.29) is 11.7 Å². The van der Waals surface area contributed by atoms with Crippen molar-refractivity contribution < 1.29 is 9.59 Å². The van der Waals surface area contributed by atoms with Gasteiger partial charge in [0.15, 0.2) is 0 Å². The third-order valence-corrected chi connectivity index (χ3v) is 5.44. The van der Waals surface area contributed by atoms with Crippen molar-refractivity contribution >= 4 is 35.0 Å². The van der Waals surface area contributed by atoms with Crippen molar-refractivity contribution in [1.29, 1.82) is 0 Å². The number of nitrogens with two attached hydrogens (primary N) is 1. The van der Waals surface area contributed by atoms with Gasteiger partial charge in [-0.1, -0.05) is 12.1 Å². The second-order valence-corrected chi connectivity index (χ2v) is 7.32. The number of primary amides is 1. The van der Waals surface area contributed by atoms with E-state index in [0.29, 0.717) is 5.56 Å². The van der Waals surface area contributed by atoms with E-state index in [1.165, 1.54) is 36.7 Å². The van der Waals surface area contributed by atoms with E-state index in [0.717, 1.165) is 23.7 Å². The van der Waals surface area contributed by atoms with Crippen molar-refractivity contribution in [3.63, 3.8) is 0 Å². The second kappa shape index (κ2) is 8.76. The molecule has 0 atom stereocenters. The van der Waals surface area contributed by atoms with Crippen LogP contribution in [0.15, 0.2) is 53.4 Å². The first-order valence-electron chi connectivity index (χ1n) is 8.80. The third kappa shape index (κ3) is 4.79. The molecule has 0 radical (unpaired) electrons. The molecule has 0 unspecified atom stereocenters. The van der Waals surface area contributed by atoms with Gasteiger partial charge in [-0.25, -0.2) is 0 Å². The van der Waals surface area contributed by atoms with E-state index in [1.807, 2.05) is 30.3 Å². The van der Waals surface area contributed by atoms with Gasteiger partial charge in [0, 0.05) is 29.4 Å². The molecule has 3 N–H and O–H groups in total. The lowest BCUT2D eigenvalue weighted by Gasteiger charge is -2.28. The van der Waals surface area contributed by atoms with E-state index in [4.69, 9.17) is 5.73 Å². The summed E-state index contributed by atoms with van der Waals surface area (Å²) in [6, 6.07) is 15.2. The highest BCUT2D eigenvalue weighted by Crippen LogP contribution is 2.25. The molecule has 1 aliphatic rings. The standard InChI is InChI=1S/C20H23N3O2S/c21-19(24)14-26-18-7-3-2-6-17(18)20(25)22-15-8-10-16(11-9-15)23-12-4-1-5-13-23/h2-3,6-11H,1,4-5,12-14H2,(H2,21,24)(H,22,25). The number of hydrogen-bond acceptors (Lipinski definition) is 4. The fourth-order valence-electron chi connectivity index (χ4n) is 3.04. The molecule has 6 heteroatoms. The van der Waals surface area contributed by atoms with Gasteiger partial charge in [0.2, 0.25) is 5.91 Å². The minimum absolute atomic E-state index is 0.148. The Hall–Kier alpha value is -2.47. The number of nitrogens with zero attached hydrogens (tertiary/aromatic N) is 1. The fourth-order valence-corrected chi connectivity index (χ4v) is 3.82. The molecule has 1 heterocycles. The maximum Gasteiger partial charge on any atom is 0.256 e. The predicted octanol–water partition coefficient (Wildman–Crippen LogP) is 3.51. The van der Waals surface area contributed by atoms with E-state index in [2.05, 4.69) is 22.3 Å². The molecule has 0 bridgehead atoms. The Labute approximate surface area is 157 Å². The van der Waals surface area contributed by atoms with Gasteiger partial charge in [0.25, 0.3) is 5.91 Å². The maximum absolute atomic E-state index is 12.6. The van der Waals surface area contributed by atoms with Crippen molar-refractivity contribution in [3.05, 3.63) is 54.1 Å². The number of hydrogen-bond donors (Lipinski definition) is 2. The fraction of sp³-hybridized carbons (Fsp3) is 0.300. The van der Waals surface area contributed by atoms with Crippen LogP contribution >= 0.6 is 11.8 Å². The highest BCUT2D eigenvalue weighted by Gasteiger charge is 2.14. The van der Waals surface area contributed by atoms with Crippen LogP contribution in [0.3, 0.4) is 0 Å². The summed E-state index contributed by atoms with van der Waals surface area (Å²) in [5.74, 6) is -0.448. The molecule has 136 valence electrons. The van der Waals surface area contributed by atoms with Crippen molar-refractivity contribution in [3.8, 4) is 0 Å². The Morgan fingerprint density at radius 1 is 1.00 bits per heavy atom. The second-order valence-electron chi connectivity index (χ2n) is 6.30. The monoisotopic (exact) mass is 369 g/mol. The topological polar surface area (TPSA) is 75.4 Å². The molecule has 3 rings (SSSR count). The Morgan fingerprint density at radius 2 is 1.69 bits per heavy atom. The van der Waals surface area contributed by atoms with E-state index < -0.39 is 5.91 Å². The molecule has 0 saturated carbocycles. The number of carbonyl (C=O) groups is 2. The first-order chi connectivity index (χ1) is 12.6. The Balaban J connectivity index is 1.67. The number of amides is 2. The van der Waals surface area contributed by atoms with Crippen LogP contribution in [-0.4, -0.2) is 30.7 Å². The lowest BCUT2D eigenvalue weighted by molar-refractivity contribution is -0.115. The molecule has 5 nitrogen and oxygen atoms in total. The van der Waals surface area contributed by atoms with Gasteiger partial charge in [-0.15, -0.1) is 11.8 Å². The lowest BCUT2D eigenvalue weighted by Crippen LogP contribution is -2.29. The quantitative estimate of drug-likeness (QED) is 0.764. The molecule has 0 aliphatic carbocycles. The summed E-state index contributed by atoms with van der Waals surface area (Å²) in [6.07, 6.45) is 3.77. The number of carbonyl (C=O) groups excluding carboxylic acids is 2.